The molecule has 0 atom stereocenters. The summed E-state index contributed by atoms with van der Waals surface area (Å²) in [5, 5.41) is 9.43. The number of aryl methyl sites for hydroxylation is 1. The molecule has 21 heavy (non-hydrogen) atoms. The van der Waals surface area contributed by atoms with Gasteiger partial charge in [-0.2, -0.15) is 0 Å². The summed E-state index contributed by atoms with van der Waals surface area (Å²) >= 11 is 3.26. The fraction of sp³-hybridized carbons (Fsp3) is 0.0667. The van der Waals surface area contributed by atoms with Gasteiger partial charge in [0.25, 0.3) is 0 Å². The number of aromatic nitrogens is 2. The fourth-order valence-corrected chi connectivity index (χ4v) is 2.59. The molecule has 1 aromatic heterocycles. The number of fused-ring (bicyclic) bond motifs is 1. The van der Waals surface area contributed by atoms with E-state index in [2.05, 4.69) is 20.9 Å². The Balaban J connectivity index is 2.38. The van der Waals surface area contributed by atoms with Crippen LogP contribution in [0.2, 0.25) is 0 Å². The maximum atomic E-state index is 14.0. The van der Waals surface area contributed by atoms with Gasteiger partial charge in [-0.25, -0.2) is 18.7 Å². The molecular weight excluding hydrogens is 339 g/mol. The van der Waals surface area contributed by atoms with Gasteiger partial charge in [-0.3, -0.25) is 0 Å². The maximum Gasteiger partial charge on any atom is 0.417 e. The predicted molar refractivity (Wildman–Crippen MR) is 81.0 cm³/mol. The molecule has 0 amide bonds. The van der Waals surface area contributed by atoms with E-state index >= 15 is 0 Å². The molecule has 0 aliphatic carbocycles. The molecule has 3 aromatic rings. The molecule has 0 spiro atoms. The molecule has 0 bridgehead atoms. The second-order valence-electron chi connectivity index (χ2n) is 4.67. The van der Waals surface area contributed by atoms with Crippen LogP contribution in [0.15, 0.2) is 40.9 Å². The Labute approximate surface area is 128 Å². The summed E-state index contributed by atoms with van der Waals surface area (Å²) in [5.74, 6) is -0.449. The van der Waals surface area contributed by atoms with Gasteiger partial charge < -0.3 is 5.11 Å². The smallest absolute Gasteiger partial charge is 0.417 e. The van der Waals surface area contributed by atoms with Crippen LogP contribution in [0.1, 0.15) is 5.56 Å². The van der Waals surface area contributed by atoms with Crippen molar-refractivity contribution in [2.24, 2.45) is 0 Å². The van der Waals surface area contributed by atoms with Gasteiger partial charge in [0.15, 0.2) is 5.82 Å². The summed E-state index contributed by atoms with van der Waals surface area (Å²) in [4.78, 5) is 15.8. The second kappa shape index (κ2) is 4.96. The van der Waals surface area contributed by atoms with Crippen LogP contribution in [0.5, 0.6) is 0 Å². The Morgan fingerprint density at radius 2 is 2.05 bits per heavy atom. The molecule has 0 fully saturated rings. The Morgan fingerprint density at radius 1 is 1.29 bits per heavy atom. The number of rotatable bonds is 1. The normalized spacial score (nSPS) is 11.0. The SMILES string of the molecule is Cc1ccc2c(c1)nc(-c1cc(Br)ccc1F)n2C(=O)O. The first kappa shape index (κ1) is 13.8. The van der Waals surface area contributed by atoms with Gasteiger partial charge in [0, 0.05) is 4.47 Å². The highest BCUT2D eigenvalue weighted by Crippen LogP contribution is 2.29. The summed E-state index contributed by atoms with van der Waals surface area (Å²) in [5.41, 5.74) is 2.05. The summed E-state index contributed by atoms with van der Waals surface area (Å²) in [7, 11) is 0. The summed E-state index contributed by atoms with van der Waals surface area (Å²) in [6.45, 7) is 1.89. The first-order valence-corrected chi connectivity index (χ1v) is 6.94. The van der Waals surface area contributed by atoms with E-state index in [0.29, 0.717) is 15.5 Å². The predicted octanol–water partition coefficient (Wildman–Crippen LogP) is 4.44. The number of hydrogen-bond acceptors (Lipinski definition) is 2. The van der Waals surface area contributed by atoms with Crippen LogP contribution in [0.25, 0.3) is 22.4 Å². The van der Waals surface area contributed by atoms with Crippen molar-refractivity contribution in [3.05, 3.63) is 52.3 Å². The minimum absolute atomic E-state index is 0.0712. The van der Waals surface area contributed by atoms with Gasteiger partial charge >= 0.3 is 6.09 Å². The van der Waals surface area contributed by atoms with Gasteiger partial charge in [-0.1, -0.05) is 22.0 Å². The second-order valence-corrected chi connectivity index (χ2v) is 5.59. The van der Waals surface area contributed by atoms with Crippen molar-refractivity contribution >= 4 is 33.1 Å². The van der Waals surface area contributed by atoms with E-state index in [1.54, 1.807) is 24.3 Å². The number of carbonyl (C=O) groups is 1. The molecule has 0 saturated carbocycles. The van der Waals surface area contributed by atoms with Gasteiger partial charge in [0.1, 0.15) is 5.82 Å². The van der Waals surface area contributed by atoms with Crippen molar-refractivity contribution in [1.82, 2.24) is 9.55 Å². The van der Waals surface area contributed by atoms with Gasteiger partial charge in [0.05, 0.1) is 16.6 Å². The zero-order valence-corrected chi connectivity index (χ0v) is 12.6. The third-order valence-corrected chi connectivity index (χ3v) is 3.66. The van der Waals surface area contributed by atoms with Crippen LogP contribution in [0, 0.1) is 12.7 Å². The van der Waals surface area contributed by atoms with E-state index in [0.717, 1.165) is 10.1 Å². The summed E-state index contributed by atoms with van der Waals surface area (Å²) in [6.07, 6.45) is -1.20. The molecule has 0 aliphatic heterocycles. The molecule has 6 heteroatoms. The molecule has 0 aliphatic rings. The molecule has 0 unspecified atom stereocenters. The lowest BCUT2D eigenvalue weighted by atomic mass is 10.2. The van der Waals surface area contributed by atoms with Crippen molar-refractivity contribution in [3.8, 4) is 11.4 Å². The molecule has 1 heterocycles. The molecule has 0 radical (unpaired) electrons. The van der Waals surface area contributed by atoms with Crippen LogP contribution >= 0.6 is 15.9 Å². The third kappa shape index (κ3) is 2.31. The molecule has 2 aromatic carbocycles. The van der Waals surface area contributed by atoms with Crippen LogP contribution in [-0.4, -0.2) is 20.8 Å². The maximum absolute atomic E-state index is 14.0. The lowest BCUT2D eigenvalue weighted by molar-refractivity contribution is 0.197. The fourth-order valence-electron chi connectivity index (χ4n) is 2.23. The number of imidazole rings is 1. The quantitative estimate of drug-likeness (QED) is 0.707. The van der Waals surface area contributed by atoms with Crippen molar-refractivity contribution in [2.45, 2.75) is 6.92 Å². The lowest BCUT2D eigenvalue weighted by Crippen LogP contribution is -2.10. The van der Waals surface area contributed by atoms with E-state index in [1.165, 1.54) is 12.1 Å². The number of halogens is 2. The molecule has 106 valence electrons. The van der Waals surface area contributed by atoms with Gasteiger partial charge in [-0.15, -0.1) is 0 Å². The first-order valence-electron chi connectivity index (χ1n) is 6.15. The molecule has 3 rings (SSSR count). The monoisotopic (exact) mass is 348 g/mol. The van der Waals surface area contributed by atoms with E-state index in [-0.39, 0.29) is 11.4 Å². The van der Waals surface area contributed by atoms with Crippen molar-refractivity contribution in [3.63, 3.8) is 0 Å². The van der Waals surface area contributed by atoms with Crippen molar-refractivity contribution in [2.75, 3.05) is 0 Å². The zero-order chi connectivity index (χ0) is 15.1. The van der Waals surface area contributed by atoms with E-state index in [9.17, 15) is 14.3 Å². The van der Waals surface area contributed by atoms with E-state index < -0.39 is 11.9 Å². The topological polar surface area (TPSA) is 55.1 Å². The van der Waals surface area contributed by atoms with E-state index in [1.807, 2.05) is 6.92 Å². The molecule has 4 nitrogen and oxygen atoms in total. The third-order valence-electron chi connectivity index (χ3n) is 3.17. The molecule has 1 N–H and O–H groups in total. The Morgan fingerprint density at radius 3 is 2.76 bits per heavy atom. The highest BCUT2D eigenvalue weighted by molar-refractivity contribution is 9.10. The summed E-state index contributed by atoms with van der Waals surface area (Å²) < 4.78 is 15.7. The minimum atomic E-state index is -1.20. The Kier molecular flexibility index (Phi) is 3.25. The van der Waals surface area contributed by atoms with Gasteiger partial charge in [0.2, 0.25) is 0 Å². The molecular formula is C15H10BrFN2O2. The zero-order valence-electron chi connectivity index (χ0n) is 11.0. The van der Waals surface area contributed by atoms with Crippen molar-refractivity contribution in [1.29, 1.82) is 0 Å². The van der Waals surface area contributed by atoms with Crippen LogP contribution < -0.4 is 0 Å². The van der Waals surface area contributed by atoms with Gasteiger partial charge in [-0.05, 0) is 42.8 Å². The standard InChI is InChI=1S/C15H10BrFN2O2/c1-8-2-5-13-12(6-8)18-14(19(13)15(20)21)10-7-9(16)3-4-11(10)17/h2-7H,1H3,(H,20,21). The average molecular weight is 349 g/mol. The number of benzene rings is 2. The first-order chi connectivity index (χ1) is 9.97. The molecule has 0 saturated heterocycles. The van der Waals surface area contributed by atoms with Crippen LogP contribution in [0.3, 0.4) is 0 Å². The largest absolute Gasteiger partial charge is 0.464 e. The Bertz CT molecular complexity index is 873. The highest BCUT2D eigenvalue weighted by atomic mass is 79.9. The number of carboxylic acid groups (broad SMARTS) is 1. The summed E-state index contributed by atoms with van der Waals surface area (Å²) in [6, 6.07) is 9.58. The average Bonchev–Trinajstić information content (AvgIpc) is 2.79. The minimum Gasteiger partial charge on any atom is -0.464 e. The van der Waals surface area contributed by atoms with E-state index in [4.69, 9.17) is 0 Å². The lowest BCUT2D eigenvalue weighted by Gasteiger charge is -2.05. The Hall–Kier alpha value is -2.21. The number of hydrogen-bond donors (Lipinski definition) is 1. The number of nitrogens with zero attached hydrogens (tertiary/aromatic N) is 2. The van der Waals surface area contributed by atoms with Crippen LogP contribution in [0.4, 0.5) is 9.18 Å². The highest BCUT2D eigenvalue weighted by Gasteiger charge is 2.20. The van der Waals surface area contributed by atoms with Crippen molar-refractivity contribution < 1.29 is 14.3 Å². The van der Waals surface area contributed by atoms with Crippen LogP contribution in [-0.2, 0) is 0 Å².